The van der Waals surface area contributed by atoms with E-state index in [0.29, 0.717) is 18.1 Å². The topological polar surface area (TPSA) is 68.4 Å². The molecule has 0 saturated heterocycles. The Morgan fingerprint density at radius 3 is 2.48 bits per heavy atom. The minimum Gasteiger partial charge on any atom is -0.489 e. The lowest BCUT2D eigenvalue weighted by Crippen LogP contribution is -2.32. The molecule has 0 aliphatic carbocycles. The maximum atomic E-state index is 10.1. The molecular formula is C14H25ClN2O2S2. The third kappa shape index (κ3) is 4.66. The quantitative estimate of drug-likeness (QED) is 0.374. The fourth-order valence-corrected chi connectivity index (χ4v) is 2.10. The van der Waals surface area contributed by atoms with Gasteiger partial charge < -0.3 is 15.6 Å². The lowest BCUT2D eigenvalue weighted by Gasteiger charge is -2.23. The van der Waals surface area contributed by atoms with Crippen molar-refractivity contribution < 1.29 is 9.84 Å². The smallest absolute Gasteiger partial charge is 0.171 e. The minimum absolute atomic E-state index is 0.0937. The van der Waals surface area contributed by atoms with Crippen LogP contribution in [0, 0.1) is 0 Å². The van der Waals surface area contributed by atoms with E-state index < -0.39 is 5.60 Å². The number of aliphatic hydroxyl groups is 1. The Hall–Kier alpha value is -0.140. The lowest BCUT2D eigenvalue weighted by molar-refractivity contribution is 0.0621. The molecule has 0 aromatic carbocycles. The van der Waals surface area contributed by atoms with E-state index in [0.717, 1.165) is 5.56 Å². The van der Waals surface area contributed by atoms with Crippen LogP contribution in [0.3, 0.4) is 0 Å². The Balaban J connectivity index is 0.000000921. The van der Waals surface area contributed by atoms with E-state index in [-0.39, 0.29) is 17.1 Å². The average molecular weight is 353 g/mol. The van der Waals surface area contributed by atoms with E-state index in [9.17, 15) is 5.11 Å². The molecule has 2 heterocycles. The molecule has 1 aromatic rings. The summed E-state index contributed by atoms with van der Waals surface area (Å²) >= 11 is 12.5. The Kier molecular flexibility index (Phi) is 8.42. The Labute approximate surface area is 142 Å². The monoisotopic (exact) mass is 352 g/mol. The van der Waals surface area contributed by atoms with E-state index >= 15 is 0 Å². The molecule has 1 aromatic heterocycles. The Bertz CT molecular complexity index is 469. The molecule has 0 spiro atoms. The zero-order valence-electron chi connectivity index (χ0n) is 13.1. The van der Waals surface area contributed by atoms with Gasteiger partial charge in [-0.3, -0.25) is 0 Å². The number of nitrogens with two attached hydrogens (primary N) is 1. The third-order valence-electron chi connectivity index (χ3n) is 3.19. The number of nitrogens with zero attached hydrogens (tertiary/aromatic N) is 1. The Morgan fingerprint density at radius 1 is 1.48 bits per heavy atom. The molecule has 3 N–H and O–H groups in total. The molecular weight excluding hydrogens is 328 g/mol. The van der Waals surface area contributed by atoms with Crippen molar-refractivity contribution in [3.05, 3.63) is 22.5 Å². The van der Waals surface area contributed by atoms with Gasteiger partial charge in [0.25, 0.3) is 0 Å². The zero-order valence-corrected chi connectivity index (χ0v) is 15.7. The number of thiol groups is 2. The molecule has 0 saturated carbocycles. The number of aromatic nitrogens is 1. The fourth-order valence-electron chi connectivity index (χ4n) is 1.85. The molecule has 2 rings (SSSR count). The van der Waals surface area contributed by atoms with Crippen LogP contribution in [-0.4, -0.2) is 23.2 Å². The maximum Gasteiger partial charge on any atom is 0.171 e. The van der Waals surface area contributed by atoms with Crippen molar-refractivity contribution >= 4 is 34.9 Å². The van der Waals surface area contributed by atoms with Crippen LogP contribution in [0.2, 0.25) is 5.15 Å². The normalized spacial score (nSPS) is 17.2. The van der Waals surface area contributed by atoms with Crippen LogP contribution in [0.4, 0.5) is 0 Å². The van der Waals surface area contributed by atoms with Gasteiger partial charge >= 0.3 is 0 Å². The van der Waals surface area contributed by atoms with E-state index in [1.807, 2.05) is 19.9 Å². The van der Waals surface area contributed by atoms with Crippen LogP contribution in [0.5, 0.6) is 5.75 Å². The van der Waals surface area contributed by atoms with Crippen LogP contribution in [0.1, 0.15) is 45.9 Å². The van der Waals surface area contributed by atoms with Crippen LogP contribution in [-0.2, 0) is 11.0 Å². The summed E-state index contributed by atoms with van der Waals surface area (Å²) in [5.74, 6) is 0.619. The first-order valence-corrected chi connectivity index (χ1v) is 8.72. The molecule has 1 unspecified atom stereocenters. The number of pyridine rings is 1. The second-order valence-electron chi connectivity index (χ2n) is 5.33. The van der Waals surface area contributed by atoms with Crippen LogP contribution < -0.4 is 10.5 Å². The van der Waals surface area contributed by atoms with Gasteiger partial charge in [0.15, 0.2) is 10.9 Å². The van der Waals surface area contributed by atoms with Crippen LogP contribution >= 0.6 is 34.9 Å². The first kappa shape index (κ1) is 20.9. The minimum atomic E-state index is -1.17. The van der Waals surface area contributed by atoms with Gasteiger partial charge in [0.05, 0.1) is 12.3 Å². The lowest BCUT2D eigenvalue weighted by atomic mass is 9.86. The second kappa shape index (κ2) is 8.48. The number of rotatable bonds is 2. The van der Waals surface area contributed by atoms with E-state index in [4.69, 9.17) is 22.1 Å². The number of ether oxygens (including phenoxy) is 1. The van der Waals surface area contributed by atoms with Gasteiger partial charge in [0, 0.05) is 17.5 Å². The highest BCUT2D eigenvalue weighted by Crippen LogP contribution is 2.43. The number of fused-ring (bicyclic) bond motifs is 1. The second-order valence-corrected chi connectivity index (χ2v) is 5.68. The van der Waals surface area contributed by atoms with Crippen LogP contribution in [0.15, 0.2) is 6.07 Å². The standard InChI is InChI=1S/C12H17ClN2O2.C2H6.H2S2/c1-11(2)6-17-9-7(11)4-8(15-10(9)13)12(3,16)5-14;2*1-2/h4,16H,5-6,14H2,1-3H3;1-2H3;1-2H. The van der Waals surface area contributed by atoms with Crippen LogP contribution in [0.25, 0.3) is 0 Å². The molecule has 7 heteroatoms. The molecule has 1 atom stereocenters. The average Bonchev–Trinajstić information content (AvgIpc) is 2.79. The summed E-state index contributed by atoms with van der Waals surface area (Å²) in [4.78, 5) is 4.16. The largest absolute Gasteiger partial charge is 0.489 e. The maximum absolute atomic E-state index is 10.1. The number of halogens is 1. The summed E-state index contributed by atoms with van der Waals surface area (Å²) in [5.41, 5.74) is 5.71. The van der Waals surface area contributed by atoms with Gasteiger partial charge in [-0.25, -0.2) is 4.98 Å². The van der Waals surface area contributed by atoms with E-state index in [1.54, 1.807) is 6.92 Å². The summed E-state index contributed by atoms with van der Waals surface area (Å²) in [6, 6.07) is 1.83. The first-order chi connectivity index (χ1) is 9.78. The van der Waals surface area contributed by atoms with Gasteiger partial charge in [0.2, 0.25) is 0 Å². The van der Waals surface area contributed by atoms with Crippen molar-refractivity contribution in [2.75, 3.05) is 13.2 Å². The fraction of sp³-hybridized carbons (Fsp3) is 0.643. The van der Waals surface area contributed by atoms with Crippen molar-refractivity contribution in [1.29, 1.82) is 0 Å². The summed E-state index contributed by atoms with van der Waals surface area (Å²) < 4.78 is 5.54. The predicted octanol–water partition coefficient (Wildman–Crippen LogP) is 3.36. The Morgan fingerprint density at radius 2 is 2.00 bits per heavy atom. The highest BCUT2D eigenvalue weighted by atomic mass is 35.5. The first-order valence-electron chi connectivity index (χ1n) is 6.75. The molecule has 0 bridgehead atoms. The van der Waals surface area contributed by atoms with Crippen molar-refractivity contribution in [2.45, 2.75) is 45.6 Å². The predicted molar refractivity (Wildman–Crippen MR) is 95.7 cm³/mol. The summed E-state index contributed by atoms with van der Waals surface area (Å²) in [7, 11) is 0. The number of hydrogen-bond acceptors (Lipinski definition) is 6. The molecule has 4 nitrogen and oxygen atoms in total. The summed E-state index contributed by atoms with van der Waals surface area (Å²) in [5, 5.41) is 10.4. The molecule has 0 radical (unpaired) electrons. The van der Waals surface area contributed by atoms with Gasteiger partial charge in [-0.15, -0.1) is 23.3 Å². The summed E-state index contributed by atoms with van der Waals surface area (Å²) in [6.45, 7) is 10.4. The molecule has 0 amide bonds. The van der Waals surface area contributed by atoms with Gasteiger partial charge in [-0.1, -0.05) is 39.3 Å². The molecule has 1 aliphatic rings. The van der Waals surface area contributed by atoms with Crippen molar-refractivity contribution in [1.82, 2.24) is 4.98 Å². The SMILES string of the molecule is CC.CC1(C)COc2c1cc(C(C)(O)CN)nc2Cl.SS. The molecule has 21 heavy (non-hydrogen) atoms. The van der Waals surface area contributed by atoms with Gasteiger partial charge in [-0.2, -0.15) is 0 Å². The van der Waals surface area contributed by atoms with Crippen molar-refractivity contribution in [3.63, 3.8) is 0 Å². The molecule has 1 aliphatic heterocycles. The van der Waals surface area contributed by atoms with Crippen molar-refractivity contribution in [3.8, 4) is 5.75 Å². The number of hydrogen-bond donors (Lipinski definition) is 4. The zero-order chi connectivity index (χ0) is 16.8. The molecule has 122 valence electrons. The van der Waals surface area contributed by atoms with Crippen molar-refractivity contribution in [2.24, 2.45) is 5.73 Å². The molecule has 0 fully saturated rings. The van der Waals surface area contributed by atoms with E-state index in [2.05, 4.69) is 42.2 Å². The third-order valence-corrected chi connectivity index (χ3v) is 3.44. The van der Waals surface area contributed by atoms with Gasteiger partial charge in [-0.05, 0) is 13.0 Å². The highest BCUT2D eigenvalue weighted by molar-refractivity contribution is 8.59. The highest BCUT2D eigenvalue weighted by Gasteiger charge is 2.36. The summed E-state index contributed by atoms with van der Waals surface area (Å²) in [6.07, 6.45) is 0. The van der Waals surface area contributed by atoms with Gasteiger partial charge in [0.1, 0.15) is 5.60 Å². The van der Waals surface area contributed by atoms with E-state index in [1.165, 1.54) is 0 Å².